The Morgan fingerprint density at radius 3 is 2.57 bits per heavy atom. The van der Waals surface area contributed by atoms with Crippen molar-refractivity contribution in [2.24, 2.45) is 28.6 Å². The summed E-state index contributed by atoms with van der Waals surface area (Å²) in [4.78, 5) is 0. The van der Waals surface area contributed by atoms with E-state index in [9.17, 15) is 10.2 Å². The zero-order chi connectivity index (χ0) is 16.4. The molecule has 4 aliphatic rings. The maximum atomic E-state index is 10.6. The third-order valence-corrected chi connectivity index (χ3v) is 8.30. The van der Waals surface area contributed by atoms with Crippen molar-refractivity contribution in [2.75, 3.05) is 7.11 Å². The van der Waals surface area contributed by atoms with Gasteiger partial charge in [0, 0.05) is 7.11 Å². The van der Waals surface area contributed by atoms with Crippen LogP contribution in [0, 0.1) is 28.6 Å². The van der Waals surface area contributed by atoms with Crippen LogP contribution in [0.5, 0.6) is 0 Å². The predicted octanol–water partition coefficient (Wildman–Crippen LogP) is 3.30. The summed E-state index contributed by atoms with van der Waals surface area (Å²) in [5, 5.41) is 20.7. The number of rotatable bonds is 1. The predicted molar refractivity (Wildman–Crippen MR) is 89.9 cm³/mol. The molecule has 4 rings (SSSR count). The zero-order valence-corrected chi connectivity index (χ0v) is 14.8. The van der Waals surface area contributed by atoms with Gasteiger partial charge in [-0.1, -0.05) is 25.5 Å². The van der Waals surface area contributed by atoms with Gasteiger partial charge in [-0.15, -0.1) is 0 Å². The Kier molecular flexibility index (Phi) is 3.72. The van der Waals surface area contributed by atoms with Gasteiger partial charge < -0.3 is 14.9 Å². The van der Waals surface area contributed by atoms with Gasteiger partial charge in [-0.2, -0.15) is 0 Å². The molecule has 0 saturated heterocycles. The molecular formula is C20H32O3. The minimum absolute atomic E-state index is 0.0772. The van der Waals surface area contributed by atoms with Crippen molar-refractivity contribution in [1.29, 1.82) is 0 Å². The molecule has 0 amide bonds. The fourth-order valence-corrected chi connectivity index (χ4v) is 6.80. The quantitative estimate of drug-likeness (QED) is 0.729. The van der Waals surface area contributed by atoms with E-state index in [-0.39, 0.29) is 29.1 Å². The molecule has 3 saturated carbocycles. The van der Waals surface area contributed by atoms with Gasteiger partial charge in [0.2, 0.25) is 0 Å². The van der Waals surface area contributed by atoms with Crippen molar-refractivity contribution in [3.63, 3.8) is 0 Å². The number of aliphatic hydroxyl groups excluding tert-OH is 2. The van der Waals surface area contributed by atoms with Gasteiger partial charge in [0.25, 0.3) is 0 Å². The third kappa shape index (κ3) is 2.12. The van der Waals surface area contributed by atoms with Crippen molar-refractivity contribution < 1.29 is 14.9 Å². The average Bonchev–Trinajstić information content (AvgIpc) is 2.83. The van der Waals surface area contributed by atoms with Gasteiger partial charge in [-0.25, -0.2) is 0 Å². The molecule has 4 aliphatic carbocycles. The second kappa shape index (κ2) is 5.31. The monoisotopic (exact) mass is 320 g/mol. The molecule has 0 aromatic rings. The van der Waals surface area contributed by atoms with Gasteiger partial charge in [-0.3, -0.25) is 0 Å². The molecule has 130 valence electrons. The van der Waals surface area contributed by atoms with E-state index < -0.39 is 0 Å². The molecule has 0 bridgehead atoms. The summed E-state index contributed by atoms with van der Waals surface area (Å²) in [6, 6.07) is 0. The highest BCUT2D eigenvalue weighted by Gasteiger charge is 2.60. The molecule has 2 N–H and O–H groups in total. The molecule has 8 atom stereocenters. The summed E-state index contributed by atoms with van der Waals surface area (Å²) in [6.45, 7) is 4.74. The maximum Gasteiger partial charge on any atom is 0.0788 e. The van der Waals surface area contributed by atoms with E-state index in [4.69, 9.17) is 4.74 Å². The van der Waals surface area contributed by atoms with E-state index >= 15 is 0 Å². The van der Waals surface area contributed by atoms with E-state index in [2.05, 4.69) is 19.9 Å². The normalized spacial score (nSPS) is 55.6. The van der Waals surface area contributed by atoms with Crippen LogP contribution >= 0.6 is 0 Å². The number of fused-ring (bicyclic) bond motifs is 5. The molecule has 0 spiro atoms. The van der Waals surface area contributed by atoms with Crippen LogP contribution in [0.2, 0.25) is 0 Å². The molecule has 3 fully saturated rings. The van der Waals surface area contributed by atoms with E-state index in [1.54, 1.807) is 0 Å². The number of ether oxygens (including phenoxy) is 1. The largest absolute Gasteiger partial charge is 0.393 e. The topological polar surface area (TPSA) is 49.7 Å². The highest BCUT2D eigenvalue weighted by molar-refractivity contribution is 5.28. The summed E-state index contributed by atoms with van der Waals surface area (Å²) in [5.74, 6) is 1.74. The first-order valence-corrected chi connectivity index (χ1v) is 9.50. The molecular weight excluding hydrogens is 288 g/mol. The summed E-state index contributed by atoms with van der Waals surface area (Å²) < 4.78 is 5.94. The van der Waals surface area contributed by atoms with Gasteiger partial charge >= 0.3 is 0 Å². The number of hydrogen-bond acceptors (Lipinski definition) is 3. The van der Waals surface area contributed by atoms with Crippen LogP contribution in [0.15, 0.2) is 11.6 Å². The minimum atomic E-state index is -0.175. The molecule has 3 unspecified atom stereocenters. The van der Waals surface area contributed by atoms with Crippen LogP contribution in [-0.4, -0.2) is 35.6 Å². The number of methoxy groups -OCH3 is 1. The standard InChI is InChI=1S/C20H32O3/c1-19-8-6-13(21)10-12(19)11-16(23-3)18-14-4-5-17(22)20(14,2)9-7-15(18)19/h11,13-18,21-22H,4-10H2,1-3H3/t13?,14-,15+,16?,17?,18-,19-,20-/m0/s1. The Balaban J connectivity index is 1.75. The van der Waals surface area contributed by atoms with Crippen LogP contribution in [0.4, 0.5) is 0 Å². The highest BCUT2D eigenvalue weighted by atomic mass is 16.5. The zero-order valence-electron chi connectivity index (χ0n) is 14.8. The first-order chi connectivity index (χ1) is 10.9. The summed E-state index contributed by atoms with van der Waals surface area (Å²) in [5.41, 5.74) is 1.74. The van der Waals surface area contributed by atoms with Gasteiger partial charge in [0.05, 0.1) is 18.3 Å². The van der Waals surface area contributed by atoms with E-state index in [0.717, 1.165) is 38.5 Å². The first-order valence-electron chi connectivity index (χ1n) is 9.50. The van der Waals surface area contributed by atoms with E-state index in [1.807, 2.05) is 7.11 Å². The molecule has 0 radical (unpaired) electrons. The first kappa shape index (κ1) is 16.1. The van der Waals surface area contributed by atoms with Crippen LogP contribution in [0.3, 0.4) is 0 Å². The lowest BCUT2D eigenvalue weighted by Crippen LogP contribution is -2.55. The summed E-state index contributed by atoms with van der Waals surface area (Å²) >= 11 is 0. The van der Waals surface area contributed by atoms with Crippen LogP contribution in [0.25, 0.3) is 0 Å². The lowest BCUT2D eigenvalue weighted by molar-refractivity contribution is -0.113. The maximum absolute atomic E-state index is 10.6. The van der Waals surface area contributed by atoms with Crippen molar-refractivity contribution in [3.05, 3.63) is 11.6 Å². The van der Waals surface area contributed by atoms with Crippen LogP contribution in [-0.2, 0) is 4.74 Å². The summed E-state index contributed by atoms with van der Waals surface area (Å²) in [6.07, 6.45) is 9.46. The molecule has 23 heavy (non-hydrogen) atoms. The molecule has 3 nitrogen and oxygen atoms in total. The van der Waals surface area contributed by atoms with Crippen LogP contribution < -0.4 is 0 Å². The second-order valence-corrected chi connectivity index (χ2v) is 9.13. The Bertz CT molecular complexity index is 515. The molecule has 0 aliphatic heterocycles. The Morgan fingerprint density at radius 2 is 1.83 bits per heavy atom. The lowest BCUT2D eigenvalue weighted by atomic mass is 9.47. The summed E-state index contributed by atoms with van der Waals surface area (Å²) in [7, 11) is 1.83. The van der Waals surface area contributed by atoms with Gasteiger partial charge in [-0.05, 0) is 73.5 Å². The lowest BCUT2D eigenvalue weighted by Gasteiger charge is -2.59. The van der Waals surface area contributed by atoms with Crippen molar-refractivity contribution in [3.8, 4) is 0 Å². The molecule has 3 heteroatoms. The number of aliphatic hydroxyl groups is 2. The molecule has 0 aromatic carbocycles. The Morgan fingerprint density at radius 1 is 1.04 bits per heavy atom. The van der Waals surface area contributed by atoms with Crippen molar-refractivity contribution in [1.82, 2.24) is 0 Å². The number of hydrogen-bond donors (Lipinski definition) is 2. The van der Waals surface area contributed by atoms with Crippen LogP contribution in [0.1, 0.15) is 58.8 Å². The Labute approximate surface area is 140 Å². The highest BCUT2D eigenvalue weighted by Crippen LogP contribution is 2.65. The second-order valence-electron chi connectivity index (χ2n) is 9.13. The fraction of sp³-hybridized carbons (Fsp3) is 0.900. The van der Waals surface area contributed by atoms with E-state index in [0.29, 0.717) is 17.8 Å². The van der Waals surface area contributed by atoms with Gasteiger partial charge in [0.1, 0.15) is 0 Å². The SMILES string of the molecule is COC1C=C2CC(O)CC[C@]2(C)[C@@H]2CC[C@]3(C)C(O)CC[C@H]3[C@H]12. The average molecular weight is 320 g/mol. The van der Waals surface area contributed by atoms with Gasteiger partial charge in [0.15, 0.2) is 0 Å². The molecule has 0 heterocycles. The van der Waals surface area contributed by atoms with Crippen molar-refractivity contribution in [2.45, 2.75) is 77.1 Å². The smallest absolute Gasteiger partial charge is 0.0788 e. The van der Waals surface area contributed by atoms with Crippen molar-refractivity contribution >= 4 is 0 Å². The fourth-order valence-electron chi connectivity index (χ4n) is 6.80. The van der Waals surface area contributed by atoms with E-state index in [1.165, 1.54) is 12.0 Å². The minimum Gasteiger partial charge on any atom is -0.393 e. The Hall–Kier alpha value is -0.380. The third-order valence-electron chi connectivity index (χ3n) is 8.30. The molecule has 0 aromatic heterocycles.